The first-order chi connectivity index (χ1) is 18.1. The molecule has 1 unspecified atom stereocenters. The summed E-state index contributed by atoms with van der Waals surface area (Å²) >= 11 is 0. The summed E-state index contributed by atoms with van der Waals surface area (Å²) in [6, 6.07) is 10.7. The van der Waals surface area contributed by atoms with Crippen LogP contribution in [0.3, 0.4) is 0 Å². The third-order valence-corrected chi connectivity index (χ3v) is 8.99. The molecule has 1 heterocycles. The van der Waals surface area contributed by atoms with Gasteiger partial charge >= 0.3 is 0 Å². The van der Waals surface area contributed by atoms with Crippen LogP contribution in [0, 0.1) is 10.8 Å². The Morgan fingerprint density at radius 2 is 1.69 bits per heavy atom. The van der Waals surface area contributed by atoms with E-state index in [9.17, 15) is 30.7 Å². The molecule has 0 aromatic heterocycles. The fourth-order valence-electron chi connectivity index (χ4n) is 5.85. The maximum atomic E-state index is 13.0. The number of nitrogens with one attached hydrogen (secondary N) is 1. The second-order valence-corrected chi connectivity index (χ2v) is 13.3. The number of carbonyl (C=O) groups excluding carboxylic acids is 1. The summed E-state index contributed by atoms with van der Waals surface area (Å²) in [5, 5.41) is 7.79. The molecule has 2 aliphatic carbocycles. The summed E-state index contributed by atoms with van der Waals surface area (Å²) in [7, 11) is -9.95. The van der Waals surface area contributed by atoms with Crippen LogP contribution in [-0.4, -0.2) is 32.4 Å². The van der Waals surface area contributed by atoms with Gasteiger partial charge < -0.3 is 9.15 Å². The van der Waals surface area contributed by atoms with Gasteiger partial charge in [0, 0.05) is 22.1 Å². The van der Waals surface area contributed by atoms with Crippen molar-refractivity contribution < 1.29 is 39.9 Å². The highest BCUT2D eigenvalue weighted by molar-refractivity contribution is 7.86. The fraction of sp³-hybridized carbons (Fsp3) is 0.259. The number of hydrogen-bond donors (Lipinski definition) is 3. The second kappa shape index (κ2) is 8.98. The Bertz CT molecular complexity index is 1920. The van der Waals surface area contributed by atoms with Crippen LogP contribution in [0.2, 0.25) is 0 Å². The van der Waals surface area contributed by atoms with E-state index in [-0.39, 0.29) is 52.1 Å². The monoisotopic (exact) mass is 571 g/mol. The Morgan fingerprint density at radius 1 is 1.03 bits per heavy atom. The van der Waals surface area contributed by atoms with E-state index in [1.165, 1.54) is 12.1 Å². The summed E-state index contributed by atoms with van der Waals surface area (Å²) in [4.78, 5) is 9.92. The molecule has 3 N–H and O–H groups in total. The lowest BCUT2D eigenvalue weighted by atomic mass is 9.69. The second-order valence-electron chi connectivity index (χ2n) is 10.6. The molecule has 5 rings (SSSR count). The normalized spacial score (nSPS) is 17.2. The molecular formula is C27H25NO9S2. The van der Waals surface area contributed by atoms with Crippen molar-refractivity contribution in [2.24, 2.45) is 5.41 Å². The van der Waals surface area contributed by atoms with E-state index < -0.39 is 41.1 Å². The van der Waals surface area contributed by atoms with Gasteiger partial charge in [-0.3, -0.25) is 19.3 Å². The molecule has 2 aromatic carbocycles. The molecule has 1 aliphatic heterocycles. The van der Waals surface area contributed by atoms with Crippen LogP contribution < -0.4 is 10.1 Å². The Labute approximate surface area is 224 Å². The molecule has 10 nitrogen and oxygen atoms in total. The van der Waals surface area contributed by atoms with Crippen LogP contribution in [-0.2, 0) is 31.5 Å². The van der Waals surface area contributed by atoms with E-state index in [1.54, 1.807) is 24.3 Å². The summed E-state index contributed by atoms with van der Waals surface area (Å²) in [6.07, 6.45) is 1.02. The van der Waals surface area contributed by atoms with Crippen molar-refractivity contribution in [3.63, 3.8) is 0 Å². The molecule has 0 saturated heterocycles. The maximum Gasteiger partial charge on any atom is 0.300 e. The molecule has 0 bridgehead atoms. The van der Waals surface area contributed by atoms with Crippen molar-refractivity contribution in [3.05, 3.63) is 58.9 Å². The van der Waals surface area contributed by atoms with Gasteiger partial charge in [0.1, 0.15) is 10.6 Å². The standard InChI is InChI=1S/C27H25NO9S2/c1-14-11-27(2,3)12-19-17(14)10-18-22(15-6-4-5-7-21(15)36-13-29)16-8-9-20(28)26(39(33,34)35)23(16)37-24(18)25(19)38(30,31)32/h4-10,13-14,28H,11-12H2,1-3H3,(H,30,31,32)(H,33,34,35). The lowest BCUT2D eigenvalue weighted by Crippen LogP contribution is -2.26. The van der Waals surface area contributed by atoms with Crippen molar-refractivity contribution in [2.75, 3.05) is 0 Å². The van der Waals surface area contributed by atoms with Crippen molar-refractivity contribution >= 4 is 37.7 Å². The van der Waals surface area contributed by atoms with Crippen molar-refractivity contribution in [2.45, 2.75) is 49.3 Å². The lowest BCUT2D eigenvalue weighted by molar-refractivity contribution is -0.120. The highest BCUT2D eigenvalue weighted by atomic mass is 32.2. The predicted octanol–water partition coefficient (Wildman–Crippen LogP) is 4.79. The summed E-state index contributed by atoms with van der Waals surface area (Å²) in [5.41, 5.74) is 0.982. The van der Waals surface area contributed by atoms with Gasteiger partial charge in [0.05, 0.1) is 5.36 Å². The first-order valence-corrected chi connectivity index (χ1v) is 14.8. The van der Waals surface area contributed by atoms with Crippen LogP contribution in [0.4, 0.5) is 0 Å². The van der Waals surface area contributed by atoms with Crippen LogP contribution in [0.1, 0.15) is 44.2 Å². The minimum atomic E-state index is -5.02. The highest BCUT2D eigenvalue weighted by Crippen LogP contribution is 2.51. The maximum absolute atomic E-state index is 13.0. The molecule has 3 aliphatic rings. The van der Waals surface area contributed by atoms with Gasteiger partial charge in [0.15, 0.2) is 16.2 Å². The Hall–Kier alpha value is -3.58. The minimum Gasteiger partial charge on any atom is -0.453 e. The Morgan fingerprint density at radius 3 is 2.33 bits per heavy atom. The zero-order valence-electron chi connectivity index (χ0n) is 21.2. The van der Waals surface area contributed by atoms with Crippen molar-refractivity contribution in [1.82, 2.24) is 0 Å². The molecule has 1 atom stereocenters. The average molecular weight is 572 g/mol. The van der Waals surface area contributed by atoms with Gasteiger partial charge in [-0.2, -0.15) is 16.8 Å². The summed E-state index contributed by atoms with van der Waals surface area (Å²) in [5.74, 6) is -0.506. The molecule has 2 aromatic rings. The number of hydrogen-bond acceptors (Lipinski definition) is 8. The van der Waals surface area contributed by atoms with Gasteiger partial charge in [0.25, 0.3) is 26.7 Å². The van der Waals surface area contributed by atoms with E-state index in [0.717, 1.165) is 12.5 Å². The van der Waals surface area contributed by atoms with Crippen LogP contribution >= 0.6 is 0 Å². The Balaban J connectivity index is 2.12. The van der Waals surface area contributed by atoms with Crippen LogP contribution in [0.25, 0.3) is 33.4 Å². The first-order valence-electron chi connectivity index (χ1n) is 11.9. The number of rotatable bonds is 5. The quantitative estimate of drug-likeness (QED) is 0.173. The largest absolute Gasteiger partial charge is 0.453 e. The van der Waals surface area contributed by atoms with E-state index in [2.05, 4.69) is 0 Å². The van der Waals surface area contributed by atoms with E-state index in [1.807, 2.05) is 20.8 Å². The van der Waals surface area contributed by atoms with Gasteiger partial charge in [-0.05, 0) is 59.6 Å². The predicted molar refractivity (Wildman–Crippen MR) is 141 cm³/mol. The van der Waals surface area contributed by atoms with Crippen molar-refractivity contribution in [3.8, 4) is 28.2 Å². The lowest BCUT2D eigenvalue weighted by Gasteiger charge is -2.37. The molecule has 12 heteroatoms. The van der Waals surface area contributed by atoms with E-state index >= 15 is 0 Å². The zero-order chi connectivity index (χ0) is 28.5. The fourth-order valence-corrected chi connectivity index (χ4v) is 7.47. The highest BCUT2D eigenvalue weighted by Gasteiger charge is 2.38. The third-order valence-electron chi connectivity index (χ3n) is 7.12. The topological polar surface area (TPSA) is 172 Å². The molecule has 204 valence electrons. The average Bonchev–Trinajstić information content (AvgIpc) is 2.80. The number of ether oxygens (including phenoxy) is 1. The van der Waals surface area contributed by atoms with Crippen LogP contribution in [0.15, 0.2) is 56.7 Å². The minimum absolute atomic E-state index is 0.0879. The van der Waals surface area contributed by atoms with Crippen molar-refractivity contribution in [1.29, 1.82) is 5.41 Å². The van der Waals surface area contributed by atoms with Gasteiger partial charge in [0.2, 0.25) is 0 Å². The van der Waals surface area contributed by atoms with Crippen LogP contribution in [0.5, 0.6) is 5.75 Å². The zero-order valence-corrected chi connectivity index (χ0v) is 22.8. The Kier molecular flexibility index (Phi) is 6.22. The van der Waals surface area contributed by atoms with E-state index in [4.69, 9.17) is 14.6 Å². The first kappa shape index (κ1) is 27.0. The van der Waals surface area contributed by atoms with Gasteiger partial charge in [-0.1, -0.05) is 39.0 Å². The summed E-state index contributed by atoms with van der Waals surface area (Å²) < 4.78 is 82.4. The molecule has 0 fully saturated rings. The van der Waals surface area contributed by atoms with Gasteiger partial charge in [-0.15, -0.1) is 0 Å². The number of fused-ring (bicyclic) bond motifs is 3. The van der Waals surface area contributed by atoms with Gasteiger partial charge in [-0.25, -0.2) is 0 Å². The third kappa shape index (κ3) is 4.52. The number of carbonyl (C=O) groups is 1. The molecule has 39 heavy (non-hydrogen) atoms. The molecule has 0 spiro atoms. The SMILES string of the molecule is CC1CC(C)(C)Cc2c1cc1c(-c3ccccc3OC=O)c3ccc(=N)c(S(=O)(=O)O)c-3oc1c2S(=O)(=O)O. The molecule has 0 saturated carbocycles. The smallest absolute Gasteiger partial charge is 0.300 e. The molecule has 0 radical (unpaired) electrons. The number of para-hydroxylation sites is 1. The summed E-state index contributed by atoms with van der Waals surface area (Å²) in [6.45, 7) is 6.12. The molecule has 0 amide bonds. The molecular weight excluding hydrogens is 546 g/mol. The van der Waals surface area contributed by atoms with E-state index in [0.29, 0.717) is 16.7 Å². The number of benzene rings is 3.